The largest absolute Gasteiger partial charge is 0.459 e. The average molecular weight is 294 g/mol. The van der Waals surface area contributed by atoms with Gasteiger partial charge >= 0.3 is 0 Å². The fourth-order valence-corrected chi connectivity index (χ4v) is 2.18. The number of hydrogen-bond donors (Lipinski definition) is 1. The molecule has 1 aromatic carbocycles. The Bertz CT molecular complexity index is 594. The van der Waals surface area contributed by atoms with Gasteiger partial charge in [0.25, 0.3) is 5.91 Å². The van der Waals surface area contributed by atoms with Crippen molar-refractivity contribution in [3.63, 3.8) is 0 Å². The molecule has 0 radical (unpaired) electrons. The second-order valence-corrected chi connectivity index (χ2v) is 4.95. The highest BCUT2D eigenvalue weighted by Crippen LogP contribution is 2.16. The van der Waals surface area contributed by atoms with Crippen LogP contribution in [-0.4, -0.2) is 29.1 Å². The summed E-state index contributed by atoms with van der Waals surface area (Å²) >= 11 is 5.94. The lowest BCUT2D eigenvalue weighted by atomic mass is 10.2. The number of halogens is 1. The lowest BCUT2D eigenvalue weighted by molar-refractivity contribution is 0.0675. The van der Waals surface area contributed by atoms with Crippen molar-refractivity contribution in [2.45, 2.75) is 13.5 Å². The molecule has 0 aliphatic carbocycles. The lowest BCUT2D eigenvalue weighted by Crippen LogP contribution is -2.33. The summed E-state index contributed by atoms with van der Waals surface area (Å²) in [6, 6.07) is 9.04. The van der Waals surface area contributed by atoms with Gasteiger partial charge in [-0.2, -0.15) is 0 Å². The lowest BCUT2D eigenvalue weighted by Gasteiger charge is -2.21. The van der Waals surface area contributed by atoms with Crippen molar-refractivity contribution in [2.75, 3.05) is 13.2 Å². The first-order chi connectivity index (χ1) is 9.61. The number of amides is 1. The first kappa shape index (κ1) is 14.6. The topological polar surface area (TPSA) is 53.7 Å². The quantitative estimate of drug-likeness (QED) is 0.922. The summed E-state index contributed by atoms with van der Waals surface area (Å²) in [5.41, 5.74) is 1.69. The zero-order chi connectivity index (χ0) is 14.5. The van der Waals surface area contributed by atoms with Crippen LogP contribution < -0.4 is 0 Å². The van der Waals surface area contributed by atoms with Gasteiger partial charge in [0, 0.05) is 23.7 Å². The second kappa shape index (κ2) is 6.59. The summed E-state index contributed by atoms with van der Waals surface area (Å²) in [5, 5.41) is 9.75. The molecule has 1 aromatic heterocycles. The van der Waals surface area contributed by atoms with Gasteiger partial charge in [-0.15, -0.1) is 0 Å². The molecule has 1 heterocycles. The van der Waals surface area contributed by atoms with Crippen LogP contribution in [0.4, 0.5) is 0 Å². The Morgan fingerprint density at radius 1 is 1.40 bits per heavy atom. The monoisotopic (exact) mass is 293 g/mol. The Balaban J connectivity index is 2.19. The standard InChI is InChI=1S/C15H16ClNO3/c1-11-5-8-20-14(11)15(19)17(6-7-18)10-12-3-2-4-13(16)9-12/h2-5,8-9,18H,6-7,10H2,1H3. The third-order valence-electron chi connectivity index (χ3n) is 2.98. The van der Waals surface area contributed by atoms with Crippen LogP contribution in [0.15, 0.2) is 41.0 Å². The number of nitrogens with zero attached hydrogens (tertiary/aromatic N) is 1. The van der Waals surface area contributed by atoms with E-state index >= 15 is 0 Å². The Hall–Kier alpha value is -1.78. The number of aliphatic hydroxyl groups excluding tert-OH is 1. The maximum Gasteiger partial charge on any atom is 0.290 e. The summed E-state index contributed by atoms with van der Waals surface area (Å²) in [4.78, 5) is 13.9. The molecule has 0 saturated carbocycles. The van der Waals surface area contributed by atoms with Crippen LogP contribution in [0.1, 0.15) is 21.7 Å². The average Bonchev–Trinajstić information content (AvgIpc) is 2.84. The molecule has 0 spiro atoms. The summed E-state index contributed by atoms with van der Waals surface area (Å²) in [5.74, 6) is 0.0713. The van der Waals surface area contributed by atoms with E-state index in [2.05, 4.69) is 0 Å². The third-order valence-corrected chi connectivity index (χ3v) is 3.21. The molecule has 0 bridgehead atoms. The maximum absolute atomic E-state index is 12.4. The van der Waals surface area contributed by atoms with Gasteiger partial charge in [-0.25, -0.2) is 0 Å². The number of hydrogen-bond acceptors (Lipinski definition) is 3. The molecule has 1 amide bonds. The van der Waals surface area contributed by atoms with E-state index in [1.54, 1.807) is 18.2 Å². The van der Waals surface area contributed by atoms with Crippen LogP contribution >= 0.6 is 11.6 Å². The predicted molar refractivity (Wildman–Crippen MR) is 76.7 cm³/mol. The van der Waals surface area contributed by atoms with Crippen molar-refractivity contribution in [1.82, 2.24) is 4.90 Å². The smallest absolute Gasteiger partial charge is 0.290 e. The molecule has 1 N–H and O–H groups in total. The van der Waals surface area contributed by atoms with Gasteiger partial charge in [0.15, 0.2) is 5.76 Å². The highest BCUT2D eigenvalue weighted by atomic mass is 35.5. The maximum atomic E-state index is 12.4. The van der Waals surface area contributed by atoms with Gasteiger partial charge in [0.1, 0.15) is 0 Å². The minimum absolute atomic E-state index is 0.105. The van der Waals surface area contributed by atoms with E-state index in [4.69, 9.17) is 21.1 Å². The molecule has 0 unspecified atom stereocenters. The Kier molecular flexibility index (Phi) is 4.82. The molecule has 20 heavy (non-hydrogen) atoms. The zero-order valence-electron chi connectivity index (χ0n) is 11.2. The Morgan fingerprint density at radius 3 is 2.80 bits per heavy atom. The zero-order valence-corrected chi connectivity index (χ0v) is 11.9. The molecular formula is C15H16ClNO3. The summed E-state index contributed by atoms with van der Waals surface area (Å²) in [6.07, 6.45) is 1.49. The molecule has 106 valence electrons. The van der Waals surface area contributed by atoms with Crippen molar-refractivity contribution < 1.29 is 14.3 Å². The van der Waals surface area contributed by atoms with Crippen molar-refractivity contribution in [1.29, 1.82) is 0 Å². The van der Waals surface area contributed by atoms with Gasteiger partial charge in [-0.05, 0) is 30.7 Å². The van der Waals surface area contributed by atoms with Gasteiger partial charge in [0.2, 0.25) is 0 Å². The van der Waals surface area contributed by atoms with Crippen LogP contribution in [0.3, 0.4) is 0 Å². The van der Waals surface area contributed by atoms with Crippen molar-refractivity contribution in [2.24, 2.45) is 0 Å². The van der Waals surface area contributed by atoms with Crippen molar-refractivity contribution >= 4 is 17.5 Å². The van der Waals surface area contributed by atoms with Gasteiger partial charge in [0.05, 0.1) is 12.9 Å². The molecular weight excluding hydrogens is 278 g/mol. The molecule has 0 aliphatic heterocycles. The number of furan rings is 1. The number of aryl methyl sites for hydroxylation is 1. The first-order valence-corrected chi connectivity index (χ1v) is 6.68. The minimum Gasteiger partial charge on any atom is -0.459 e. The van der Waals surface area contributed by atoms with E-state index in [0.29, 0.717) is 17.3 Å². The molecule has 0 saturated heterocycles. The molecule has 4 nitrogen and oxygen atoms in total. The van der Waals surface area contributed by atoms with Crippen molar-refractivity contribution in [3.8, 4) is 0 Å². The number of carbonyl (C=O) groups excluding carboxylic acids is 1. The summed E-state index contributed by atoms with van der Waals surface area (Å²) < 4.78 is 5.22. The van der Waals surface area contributed by atoms with E-state index in [-0.39, 0.29) is 19.1 Å². The fourth-order valence-electron chi connectivity index (χ4n) is 1.96. The van der Waals surface area contributed by atoms with Crippen LogP contribution in [0.5, 0.6) is 0 Å². The Morgan fingerprint density at radius 2 is 2.20 bits per heavy atom. The predicted octanol–water partition coefficient (Wildman–Crippen LogP) is 2.88. The normalized spacial score (nSPS) is 10.6. The number of rotatable bonds is 5. The number of aliphatic hydroxyl groups is 1. The highest BCUT2D eigenvalue weighted by molar-refractivity contribution is 6.30. The van der Waals surface area contributed by atoms with Gasteiger partial charge < -0.3 is 14.4 Å². The Labute approximate surface area is 122 Å². The van der Waals surface area contributed by atoms with Crippen LogP contribution in [-0.2, 0) is 6.54 Å². The SMILES string of the molecule is Cc1ccoc1C(=O)N(CCO)Cc1cccc(Cl)c1. The van der Waals surface area contributed by atoms with E-state index in [9.17, 15) is 4.79 Å². The summed E-state index contributed by atoms with van der Waals surface area (Å²) in [6.45, 7) is 2.32. The van der Waals surface area contributed by atoms with Gasteiger partial charge in [-0.3, -0.25) is 4.79 Å². The minimum atomic E-state index is -0.235. The molecule has 0 aliphatic rings. The van der Waals surface area contributed by atoms with Gasteiger partial charge in [-0.1, -0.05) is 23.7 Å². The van der Waals surface area contributed by atoms with Crippen LogP contribution in [0.25, 0.3) is 0 Å². The highest BCUT2D eigenvalue weighted by Gasteiger charge is 2.20. The first-order valence-electron chi connectivity index (χ1n) is 6.30. The van der Waals surface area contributed by atoms with E-state index in [1.807, 2.05) is 19.1 Å². The molecule has 5 heteroatoms. The molecule has 2 aromatic rings. The van der Waals surface area contributed by atoms with Crippen LogP contribution in [0.2, 0.25) is 5.02 Å². The van der Waals surface area contributed by atoms with Crippen molar-refractivity contribution in [3.05, 3.63) is 58.5 Å². The molecule has 0 fully saturated rings. The molecule has 2 rings (SSSR count). The summed E-state index contributed by atoms with van der Waals surface area (Å²) in [7, 11) is 0. The van der Waals surface area contributed by atoms with E-state index < -0.39 is 0 Å². The molecule has 0 atom stereocenters. The third kappa shape index (κ3) is 3.40. The second-order valence-electron chi connectivity index (χ2n) is 4.51. The van der Waals surface area contributed by atoms with E-state index in [0.717, 1.165) is 11.1 Å². The number of benzene rings is 1. The van der Waals surface area contributed by atoms with E-state index in [1.165, 1.54) is 11.2 Å². The van der Waals surface area contributed by atoms with Crippen LogP contribution in [0, 0.1) is 6.92 Å². The fraction of sp³-hybridized carbons (Fsp3) is 0.267. The number of carbonyl (C=O) groups is 1.